The Morgan fingerprint density at radius 3 is 2.79 bits per heavy atom. The largest absolute Gasteiger partial charge is 0.367 e. The van der Waals surface area contributed by atoms with Gasteiger partial charge in [-0.25, -0.2) is 8.78 Å². The molecular weight excluding hydrogens is 316 g/mol. The van der Waals surface area contributed by atoms with E-state index in [-0.39, 0.29) is 30.2 Å². The lowest BCUT2D eigenvalue weighted by molar-refractivity contribution is -0.129. The van der Waals surface area contributed by atoms with Gasteiger partial charge in [-0.05, 0) is 25.5 Å². The van der Waals surface area contributed by atoms with E-state index in [0.29, 0.717) is 38.3 Å². The molecule has 1 N–H and O–H groups in total. The molecule has 2 atom stereocenters. The van der Waals surface area contributed by atoms with Crippen LogP contribution in [-0.4, -0.2) is 48.9 Å². The molecule has 130 valence electrons. The van der Waals surface area contributed by atoms with Crippen LogP contribution in [0.3, 0.4) is 0 Å². The average Bonchev–Trinajstić information content (AvgIpc) is 3.14. The Hall–Kier alpha value is -2.18. The summed E-state index contributed by atoms with van der Waals surface area (Å²) in [7, 11) is 0. The summed E-state index contributed by atoms with van der Waals surface area (Å²) in [5, 5.41) is 2.96. The van der Waals surface area contributed by atoms with Gasteiger partial charge in [-0.2, -0.15) is 0 Å². The summed E-state index contributed by atoms with van der Waals surface area (Å²) < 4.78 is 26.9. The number of anilines is 1. The van der Waals surface area contributed by atoms with E-state index in [1.807, 2.05) is 6.92 Å². The van der Waals surface area contributed by atoms with Crippen molar-refractivity contribution in [2.75, 3.05) is 31.1 Å². The van der Waals surface area contributed by atoms with Crippen molar-refractivity contribution in [3.63, 3.8) is 0 Å². The minimum absolute atomic E-state index is 0.0130. The van der Waals surface area contributed by atoms with Crippen LogP contribution in [0.2, 0.25) is 0 Å². The summed E-state index contributed by atoms with van der Waals surface area (Å²) in [6.07, 6.45) is 0.948. The molecule has 2 amide bonds. The van der Waals surface area contributed by atoms with Crippen LogP contribution in [-0.2, 0) is 9.59 Å². The third-order valence-electron chi connectivity index (χ3n) is 4.75. The minimum atomic E-state index is -0.605. The van der Waals surface area contributed by atoms with E-state index < -0.39 is 11.6 Å². The molecule has 2 fully saturated rings. The highest BCUT2D eigenvalue weighted by Gasteiger charge is 2.35. The Labute approximate surface area is 139 Å². The van der Waals surface area contributed by atoms with Gasteiger partial charge < -0.3 is 15.1 Å². The molecule has 24 heavy (non-hydrogen) atoms. The van der Waals surface area contributed by atoms with Gasteiger partial charge >= 0.3 is 0 Å². The molecule has 5 nitrogen and oxygen atoms in total. The first-order valence-electron chi connectivity index (χ1n) is 8.26. The molecule has 7 heteroatoms. The monoisotopic (exact) mass is 337 g/mol. The number of benzene rings is 1. The summed E-state index contributed by atoms with van der Waals surface area (Å²) in [5.74, 6) is -1.62. The van der Waals surface area contributed by atoms with E-state index in [1.54, 1.807) is 9.80 Å². The summed E-state index contributed by atoms with van der Waals surface area (Å²) in [6, 6.07) is 3.43. The van der Waals surface area contributed by atoms with E-state index in [9.17, 15) is 18.4 Å². The minimum Gasteiger partial charge on any atom is -0.367 e. The fourth-order valence-electron chi connectivity index (χ4n) is 3.41. The van der Waals surface area contributed by atoms with Crippen molar-refractivity contribution in [1.29, 1.82) is 0 Å². The van der Waals surface area contributed by atoms with Crippen molar-refractivity contribution >= 4 is 17.5 Å². The first-order valence-corrected chi connectivity index (χ1v) is 8.26. The lowest BCUT2D eigenvalue weighted by atomic mass is 10.1. The highest BCUT2D eigenvalue weighted by Crippen LogP contribution is 2.25. The van der Waals surface area contributed by atoms with Gasteiger partial charge in [0.1, 0.15) is 11.6 Å². The SMILES string of the molecule is CCN1C[C@@H](C(=O)N[C@H]2CCN(c3ccc(F)cc3F)C2)CC1=O. The number of likely N-dealkylation sites (tertiary alicyclic amines) is 1. The Morgan fingerprint density at radius 2 is 2.12 bits per heavy atom. The second-order valence-electron chi connectivity index (χ2n) is 6.37. The predicted octanol–water partition coefficient (Wildman–Crippen LogP) is 1.53. The van der Waals surface area contributed by atoms with Crippen LogP contribution >= 0.6 is 0 Å². The van der Waals surface area contributed by atoms with Gasteiger partial charge in [0.2, 0.25) is 11.8 Å². The third-order valence-corrected chi connectivity index (χ3v) is 4.75. The lowest BCUT2D eigenvalue weighted by Crippen LogP contribution is -2.41. The maximum Gasteiger partial charge on any atom is 0.225 e. The van der Waals surface area contributed by atoms with E-state index in [4.69, 9.17) is 0 Å². The van der Waals surface area contributed by atoms with Gasteiger partial charge in [0.25, 0.3) is 0 Å². The van der Waals surface area contributed by atoms with Crippen LogP contribution in [0, 0.1) is 17.6 Å². The second-order valence-corrected chi connectivity index (χ2v) is 6.37. The van der Waals surface area contributed by atoms with E-state index in [1.165, 1.54) is 12.1 Å². The smallest absolute Gasteiger partial charge is 0.225 e. The highest BCUT2D eigenvalue weighted by atomic mass is 19.1. The summed E-state index contributed by atoms with van der Waals surface area (Å²) >= 11 is 0. The van der Waals surface area contributed by atoms with Crippen LogP contribution in [0.15, 0.2) is 18.2 Å². The number of halogens is 2. The first kappa shape index (κ1) is 16.7. The first-order chi connectivity index (χ1) is 11.5. The molecule has 0 saturated carbocycles. The molecule has 0 aromatic heterocycles. The van der Waals surface area contributed by atoms with Gasteiger partial charge in [-0.3, -0.25) is 9.59 Å². The maximum atomic E-state index is 13.9. The molecule has 0 aliphatic carbocycles. The van der Waals surface area contributed by atoms with Crippen molar-refractivity contribution in [1.82, 2.24) is 10.2 Å². The van der Waals surface area contributed by atoms with Crippen molar-refractivity contribution in [2.24, 2.45) is 5.92 Å². The van der Waals surface area contributed by atoms with Crippen LogP contribution < -0.4 is 10.2 Å². The van der Waals surface area contributed by atoms with Crippen LogP contribution in [0.25, 0.3) is 0 Å². The lowest BCUT2D eigenvalue weighted by Gasteiger charge is -2.20. The van der Waals surface area contributed by atoms with Crippen LogP contribution in [0.1, 0.15) is 19.8 Å². The number of nitrogens with one attached hydrogen (secondary N) is 1. The zero-order chi connectivity index (χ0) is 17.3. The molecule has 0 spiro atoms. The number of carbonyl (C=O) groups excluding carboxylic acids is 2. The molecule has 0 bridgehead atoms. The number of hydrogen-bond donors (Lipinski definition) is 1. The molecule has 2 saturated heterocycles. The Morgan fingerprint density at radius 1 is 1.33 bits per heavy atom. The summed E-state index contributed by atoms with van der Waals surface area (Å²) in [4.78, 5) is 27.5. The predicted molar refractivity (Wildman–Crippen MR) is 85.5 cm³/mol. The topological polar surface area (TPSA) is 52.7 Å². The fourth-order valence-corrected chi connectivity index (χ4v) is 3.41. The second kappa shape index (κ2) is 6.75. The standard InChI is InChI=1S/C17H21F2N3O2/c1-2-21-9-11(7-16(21)23)17(24)20-13-5-6-22(10-13)15-4-3-12(18)8-14(15)19/h3-4,8,11,13H,2,5-7,9-10H2,1H3,(H,20,24)/t11-,13-/m0/s1. The average molecular weight is 337 g/mol. The van der Waals surface area contributed by atoms with Gasteiger partial charge in [0.15, 0.2) is 0 Å². The molecule has 1 aromatic carbocycles. The van der Waals surface area contributed by atoms with E-state index in [0.717, 1.165) is 6.07 Å². The Balaban J connectivity index is 1.56. The van der Waals surface area contributed by atoms with Crippen LogP contribution in [0.5, 0.6) is 0 Å². The van der Waals surface area contributed by atoms with Crippen molar-refractivity contribution in [3.8, 4) is 0 Å². The molecule has 2 heterocycles. The van der Waals surface area contributed by atoms with Crippen LogP contribution in [0.4, 0.5) is 14.5 Å². The van der Waals surface area contributed by atoms with Gasteiger partial charge in [-0.15, -0.1) is 0 Å². The Kier molecular flexibility index (Phi) is 4.69. The fraction of sp³-hybridized carbons (Fsp3) is 0.529. The van der Waals surface area contributed by atoms with E-state index >= 15 is 0 Å². The van der Waals surface area contributed by atoms with Gasteiger partial charge in [0, 0.05) is 44.7 Å². The molecule has 1 aromatic rings. The molecule has 0 radical (unpaired) electrons. The van der Waals surface area contributed by atoms with Crippen molar-refractivity contribution in [2.45, 2.75) is 25.8 Å². The zero-order valence-corrected chi connectivity index (χ0v) is 13.6. The molecule has 0 unspecified atom stereocenters. The Bertz CT molecular complexity index is 653. The van der Waals surface area contributed by atoms with Crippen molar-refractivity contribution < 1.29 is 18.4 Å². The molecule has 2 aliphatic heterocycles. The number of hydrogen-bond acceptors (Lipinski definition) is 3. The van der Waals surface area contributed by atoms with E-state index in [2.05, 4.69) is 5.32 Å². The maximum absolute atomic E-state index is 13.9. The molecular formula is C17H21F2N3O2. The number of carbonyl (C=O) groups is 2. The third kappa shape index (κ3) is 3.34. The zero-order valence-electron chi connectivity index (χ0n) is 13.6. The van der Waals surface area contributed by atoms with Gasteiger partial charge in [-0.1, -0.05) is 0 Å². The number of nitrogens with zero attached hydrogens (tertiary/aromatic N) is 2. The normalized spacial score (nSPS) is 23.9. The van der Waals surface area contributed by atoms with Gasteiger partial charge in [0.05, 0.1) is 11.6 Å². The summed E-state index contributed by atoms with van der Waals surface area (Å²) in [6.45, 7) is 4.04. The molecule has 3 rings (SSSR count). The number of amides is 2. The molecule has 2 aliphatic rings. The number of rotatable bonds is 4. The van der Waals surface area contributed by atoms with Crippen molar-refractivity contribution in [3.05, 3.63) is 29.8 Å². The highest BCUT2D eigenvalue weighted by molar-refractivity contribution is 5.89. The summed E-state index contributed by atoms with van der Waals surface area (Å²) in [5.41, 5.74) is 0.348. The quantitative estimate of drug-likeness (QED) is 0.907.